The van der Waals surface area contributed by atoms with Gasteiger partial charge >= 0.3 is 0 Å². The molecule has 2 heteroatoms. The normalized spacial score (nSPS) is 15.6. The molecule has 0 aliphatic carbocycles. The second kappa shape index (κ2) is 5.53. The highest BCUT2D eigenvalue weighted by atomic mass is 28.3. The zero-order chi connectivity index (χ0) is 14.0. The minimum absolute atomic E-state index is 0.154. The van der Waals surface area contributed by atoms with Gasteiger partial charge in [0.25, 0.3) is 0 Å². The highest BCUT2D eigenvalue weighted by molar-refractivity contribution is 6.85. The summed E-state index contributed by atoms with van der Waals surface area (Å²) in [6.07, 6.45) is 0. The van der Waals surface area contributed by atoms with Gasteiger partial charge in [0.2, 0.25) is 0 Å². The molecule has 1 N–H and O–H groups in total. The summed E-state index contributed by atoms with van der Waals surface area (Å²) in [6.45, 7) is 24.6. The van der Waals surface area contributed by atoms with Crippen LogP contribution < -0.4 is 4.98 Å². The number of rotatable bonds is 4. The zero-order valence-electron chi connectivity index (χ0n) is 13.3. The first-order valence-electron chi connectivity index (χ1n) is 6.55. The second-order valence-corrected chi connectivity index (χ2v) is 11.2. The van der Waals surface area contributed by atoms with Gasteiger partial charge in [-0.15, -0.1) is 0 Å². The maximum atomic E-state index is 4.19. The molecule has 0 aliphatic heterocycles. The molecule has 0 radical (unpaired) electrons. The van der Waals surface area contributed by atoms with Crippen LogP contribution in [-0.2, 0) is 0 Å². The first-order chi connectivity index (χ1) is 7.42. The molecule has 17 heavy (non-hydrogen) atoms. The molecule has 0 aromatic carbocycles. The van der Waals surface area contributed by atoms with E-state index in [1.165, 1.54) is 16.3 Å². The van der Waals surface area contributed by atoms with Crippen LogP contribution >= 0.6 is 0 Å². The Morgan fingerprint density at radius 2 is 1.53 bits per heavy atom. The molecule has 0 saturated heterocycles. The Morgan fingerprint density at radius 3 is 1.71 bits per heavy atom. The van der Waals surface area contributed by atoms with E-state index in [1.807, 2.05) is 0 Å². The quantitative estimate of drug-likeness (QED) is 0.560. The Labute approximate surface area is 109 Å². The summed E-state index contributed by atoms with van der Waals surface area (Å²) in [5.74, 6) is 0. The lowest BCUT2D eigenvalue weighted by Crippen LogP contribution is -2.60. The average molecular weight is 254 g/mol. The van der Waals surface area contributed by atoms with Crippen molar-refractivity contribution in [3.63, 3.8) is 0 Å². The van der Waals surface area contributed by atoms with Crippen LogP contribution in [0.1, 0.15) is 55.4 Å². The van der Waals surface area contributed by atoms with Gasteiger partial charge in [0.05, 0.1) is 0 Å². The van der Waals surface area contributed by atoms with Crippen LogP contribution in [0.4, 0.5) is 0 Å². The van der Waals surface area contributed by atoms with Crippen molar-refractivity contribution in [1.29, 1.82) is 0 Å². The van der Waals surface area contributed by atoms with E-state index in [2.05, 4.69) is 73.5 Å². The summed E-state index contributed by atoms with van der Waals surface area (Å²) in [6, 6.07) is 0. The van der Waals surface area contributed by atoms with E-state index in [1.54, 1.807) is 0 Å². The number of allylic oxidation sites excluding steroid dienone is 3. The molecule has 0 bridgehead atoms. The van der Waals surface area contributed by atoms with Gasteiger partial charge in [0, 0.05) is 5.54 Å². The zero-order valence-corrected chi connectivity index (χ0v) is 14.3. The SMILES string of the molecule is C=C(C)C(=C(C)C)[Si](C)(NC(C)(C)C)C(C)C. The molecule has 0 saturated carbocycles. The van der Waals surface area contributed by atoms with Crippen molar-refractivity contribution in [3.05, 3.63) is 22.9 Å². The molecule has 1 nitrogen and oxygen atoms in total. The number of nitrogens with one attached hydrogen (secondary N) is 1. The topological polar surface area (TPSA) is 12.0 Å². The van der Waals surface area contributed by atoms with Gasteiger partial charge < -0.3 is 4.98 Å². The fourth-order valence-electron chi connectivity index (χ4n) is 2.66. The van der Waals surface area contributed by atoms with Gasteiger partial charge in [-0.3, -0.25) is 0 Å². The molecule has 1 atom stereocenters. The minimum Gasteiger partial charge on any atom is -0.329 e. The highest BCUT2D eigenvalue weighted by Crippen LogP contribution is 2.33. The molecule has 100 valence electrons. The third-order valence-electron chi connectivity index (χ3n) is 3.24. The van der Waals surface area contributed by atoms with Gasteiger partial charge in [0.1, 0.15) is 0 Å². The van der Waals surface area contributed by atoms with Crippen molar-refractivity contribution in [1.82, 2.24) is 4.98 Å². The molecule has 0 spiro atoms. The lowest BCUT2D eigenvalue weighted by Gasteiger charge is -2.42. The molecular weight excluding hydrogens is 222 g/mol. The monoisotopic (exact) mass is 253 g/mol. The Kier molecular flexibility index (Phi) is 5.42. The second-order valence-electron chi connectivity index (χ2n) is 6.89. The van der Waals surface area contributed by atoms with Crippen LogP contribution in [0.15, 0.2) is 22.9 Å². The maximum Gasteiger partial charge on any atom is 0.157 e. The van der Waals surface area contributed by atoms with Crippen LogP contribution in [0.5, 0.6) is 0 Å². The Balaban J connectivity index is 5.65. The van der Waals surface area contributed by atoms with E-state index >= 15 is 0 Å². The molecule has 0 aromatic heterocycles. The summed E-state index contributed by atoms with van der Waals surface area (Å²) in [5.41, 5.74) is 3.45. The van der Waals surface area contributed by atoms with Crippen molar-refractivity contribution in [2.24, 2.45) is 0 Å². The van der Waals surface area contributed by atoms with E-state index in [4.69, 9.17) is 0 Å². The standard InChI is InChI=1S/C15H31NSi/c1-11(2)14(12(3)4)17(10,13(5)6)16-15(7,8)9/h13,16H,1H2,2-10H3. The van der Waals surface area contributed by atoms with E-state index in [0.717, 1.165) is 0 Å². The van der Waals surface area contributed by atoms with Crippen LogP contribution in [0.2, 0.25) is 12.1 Å². The van der Waals surface area contributed by atoms with Gasteiger partial charge in [-0.1, -0.05) is 38.1 Å². The maximum absolute atomic E-state index is 4.19. The largest absolute Gasteiger partial charge is 0.329 e. The third-order valence-corrected chi connectivity index (χ3v) is 8.78. The Morgan fingerprint density at radius 1 is 1.12 bits per heavy atom. The summed E-state index contributed by atoms with van der Waals surface area (Å²) in [5, 5.41) is 1.50. The molecule has 0 aromatic rings. The van der Waals surface area contributed by atoms with Crippen molar-refractivity contribution in [3.8, 4) is 0 Å². The van der Waals surface area contributed by atoms with Crippen LogP contribution in [-0.4, -0.2) is 13.8 Å². The molecular formula is C15H31NSi. The average Bonchev–Trinajstić information content (AvgIpc) is 1.97. The molecule has 0 heterocycles. The third kappa shape index (κ3) is 4.44. The summed E-state index contributed by atoms with van der Waals surface area (Å²) >= 11 is 0. The van der Waals surface area contributed by atoms with Gasteiger partial charge in [-0.05, 0) is 52.3 Å². The molecule has 1 unspecified atom stereocenters. The first kappa shape index (κ1) is 16.7. The van der Waals surface area contributed by atoms with Crippen LogP contribution in [0.3, 0.4) is 0 Å². The minimum atomic E-state index is -1.69. The number of hydrogen-bond acceptors (Lipinski definition) is 1. The Hall–Kier alpha value is -0.343. The smallest absolute Gasteiger partial charge is 0.157 e. The van der Waals surface area contributed by atoms with E-state index in [-0.39, 0.29) is 5.54 Å². The molecule has 0 fully saturated rings. The van der Waals surface area contributed by atoms with Gasteiger partial charge in [-0.2, -0.15) is 0 Å². The van der Waals surface area contributed by atoms with Gasteiger partial charge in [-0.25, -0.2) is 0 Å². The fraction of sp³-hybridized carbons (Fsp3) is 0.733. The fourth-order valence-corrected chi connectivity index (χ4v) is 7.14. The summed E-state index contributed by atoms with van der Waals surface area (Å²) in [4.78, 5) is 3.92. The van der Waals surface area contributed by atoms with E-state index < -0.39 is 8.24 Å². The van der Waals surface area contributed by atoms with Crippen LogP contribution in [0, 0.1) is 0 Å². The number of hydrogen-bond donors (Lipinski definition) is 1. The first-order valence-corrected chi connectivity index (χ1v) is 9.12. The van der Waals surface area contributed by atoms with E-state index in [9.17, 15) is 0 Å². The predicted octanol–water partition coefficient (Wildman–Crippen LogP) is 4.81. The lowest BCUT2D eigenvalue weighted by molar-refractivity contribution is 0.507. The molecule has 0 rings (SSSR count). The summed E-state index contributed by atoms with van der Waals surface area (Å²) < 4.78 is 0. The predicted molar refractivity (Wildman–Crippen MR) is 82.8 cm³/mol. The molecule has 0 aliphatic rings. The van der Waals surface area contributed by atoms with Crippen LogP contribution in [0.25, 0.3) is 0 Å². The Bertz CT molecular complexity index is 316. The summed E-state index contributed by atoms with van der Waals surface area (Å²) in [7, 11) is -1.69. The van der Waals surface area contributed by atoms with Crippen molar-refractivity contribution in [2.45, 2.75) is 73.0 Å². The van der Waals surface area contributed by atoms with Gasteiger partial charge in [0.15, 0.2) is 8.24 Å². The highest BCUT2D eigenvalue weighted by Gasteiger charge is 2.39. The molecule has 0 amide bonds. The van der Waals surface area contributed by atoms with Crippen molar-refractivity contribution >= 4 is 8.24 Å². The van der Waals surface area contributed by atoms with Crippen molar-refractivity contribution < 1.29 is 0 Å². The lowest BCUT2D eigenvalue weighted by atomic mass is 10.1. The van der Waals surface area contributed by atoms with Crippen molar-refractivity contribution in [2.75, 3.05) is 0 Å². The van der Waals surface area contributed by atoms with E-state index in [0.29, 0.717) is 5.54 Å².